The Morgan fingerprint density at radius 3 is 2.58 bits per heavy atom. The van der Waals surface area contributed by atoms with Crippen LogP contribution in [-0.2, 0) is 10.7 Å². The molecular formula is C17H16N4O2S. The van der Waals surface area contributed by atoms with E-state index in [4.69, 9.17) is 14.8 Å². The zero-order valence-corrected chi connectivity index (χ0v) is 14.1. The lowest BCUT2D eigenvalue weighted by Gasteiger charge is -2.07. The minimum Gasteiger partial charge on any atom is -0.494 e. The number of methoxy groups -OCH3 is 1. The number of para-hydroxylation sites is 1. The maximum atomic E-state index is 11.2. The molecule has 2 aromatic carbocycles. The normalized spacial score (nSPS) is 12.2. The fourth-order valence-corrected chi connectivity index (χ4v) is 3.32. The molecule has 0 radical (unpaired) electrons. The van der Waals surface area contributed by atoms with Crippen molar-refractivity contribution in [2.45, 2.75) is 4.90 Å². The molecule has 0 aliphatic carbocycles. The third kappa shape index (κ3) is 3.11. The van der Waals surface area contributed by atoms with E-state index in [0.717, 1.165) is 15.8 Å². The van der Waals surface area contributed by atoms with Gasteiger partial charge in [0, 0.05) is 15.8 Å². The molecule has 6 nitrogen and oxygen atoms in total. The molecule has 0 aliphatic rings. The molecule has 7 heteroatoms. The van der Waals surface area contributed by atoms with Gasteiger partial charge in [0.05, 0.1) is 7.11 Å². The van der Waals surface area contributed by atoms with E-state index in [9.17, 15) is 4.79 Å². The number of carbonyl (C=O) groups is 1. The van der Waals surface area contributed by atoms with Crippen molar-refractivity contribution in [3.63, 3.8) is 0 Å². The lowest BCUT2D eigenvalue weighted by Crippen LogP contribution is -2.10. The van der Waals surface area contributed by atoms with Gasteiger partial charge in [-0.05, 0) is 42.7 Å². The van der Waals surface area contributed by atoms with Gasteiger partial charge in [0.15, 0.2) is 5.82 Å². The van der Waals surface area contributed by atoms with Crippen LogP contribution in [0.4, 0.5) is 5.82 Å². The Labute approximate surface area is 141 Å². The van der Waals surface area contributed by atoms with Crippen LogP contribution < -0.4 is 10.5 Å². The number of carbonyl (C=O) groups excluding carboxylic acids is 1. The fourth-order valence-electron chi connectivity index (χ4n) is 2.28. The van der Waals surface area contributed by atoms with Crippen LogP contribution in [0.3, 0.4) is 0 Å². The van der Waals surface area contributed by atoms with Crippen LogP contribution in [0.1, 0.15) is 10.4 Å². The summed E-state index contributed by atoms with van der Waals surface area (Å²) in [5.74, 6) is 0.861. The van der Waals surface area contributed by atoms with Crippen molar-refractivity contribution < 1.29 is 9.53 Å². The Kier molecular flexibility index (Phi) is 4.52. The van der Waals surface area contributed by atoms with Gasteiger partial charge < -0.3 is 10.5 Å². The van der Waals surface area contributed by atoms with Crippen molar-refractivity contribution in [3.05, 3.63) is 54.4 Å². The highest BCUT2D eigenvalue weighted by Gasteiger charge is 2.08. The predicted octanol–water partition coefficient (Wildman–Crippen LogP) is 2.86. The van der Waals surface area contributed by atoms with Crippen molar-refractivity contribution in [1.29, 1.82) is 0 Å². The number of aromatic nitrogens is 2. The second-order valence-corrected chi connectivity index (χ2v) is 6.62. The molecule has 2 N–H and O–H groups in total. The molecule has 0 bridgehead atoms. The summed E-state index contributed by atoms with van der Waals surface area (Å²) < 4.78 is 10.0. The number of ether oxygens (including phenoxy) is 1. The van der Waals surface area contributed by atoms with Crippen LogP contribution in [0.5, 0.6) is 5.75 Å². The topological polar surface area (TPSA) is 90.5 Å². The van der Waals surface area contributed by atoms with Crippen molar-refractivity contribution in [2.24, 2.45) is 10.1 Å². The second kappa shape index (κ2) is 6.76. The average molecular weight is 340 g/mol. The van der Waals surface area contributed by atoms with Crippen molar-refractivity contribution in [2.75, 3.05) is 13.4 Å². The first-order valence-electron chi connectivity index (χ1n) is 7.15. The molecule has 0 fully saturated rings. The number of benzene rings is 2. The summed E-state index contributed by atoms with van der Waals surface area (Å²) in [6, 6.07) is 12.8. The summed E-state index contributed by atoms with van der Waals surface area (Å²) in [6.45, 7) is 0. The third-order valence-corrected chi connectivity index (χ3v) is 4.93. The average Bonchev–Trinajstić information content (AvgIpc) is 2.61. The SMILES string of the molecule is COc1cccc2c(N=S(C)c3ccc(C(N)=O)cc3)ncnc12. The summed E-state index contributed by atoms with van der Waals surface area (Å²) >= 11 is 0. The van der Waals surface area contributed by atoms with Crippen LogP contribution in [0.2, 0.25) is 0 Å². The first-order chi connectivity index (χ1) is 11.6. The summed E-state index contributed by atoms with van der Waals surface area (Å²) in [6.07, 6.45) is 3.48. The summed E-state index contributed by atoms with van der Waals surface area (Å²) in [7, 11) is 1.18. The van der Waals surface area contributed by atoms with Gasteiger partial charge in [0.2, 0.25) is 5.91 Å². The monoisotopic (exact) mass is 340 g/mol. The van der Waals surface area contributed by atoms with Gasteiger partial charge in [-0.2, -0.15) is 0 Å². The Morgan fingerprint density at radius 2 is 1.92 bits per heavy atom. The van der Waals surface area contributed by atoms with Gasteiger partial charge in [-0.1, -0.05) is 16.8 Å². The molecule has 3 aromatic rings. The molecule has 1 aromatic heterocycles. The molecule has 1 amide bonds. The van der Waals surface area contributed by atoms with E-state index in [0.29, 0.717) is 17.1 Å². The minimum atomic E-state index is -0.441. The Balaban J connectivity index is 2.04. The molecule has 122 valence electrons. The Morgan fingerprint density at radius 1 is 1.17 bits per heavy atom. The van der Waals surface area contributed by atoms with Crippen molar-refractivity contribution in [3.8, 4) is 5.75 Å². The summed E-state index contributed by atoms with van der Waals surface area (Å²) in [5, 5.41) is 0.838. The van der Waals surface area contributed by atoms with Gasteiger partial charge in [-0.25, -0.2) is 14.3 Å². The zero-order chi connectivity index (χ0) is 17.1. The molecule has 1 unspecified atom stereocenters. The molecule has 24 heavy (non-hydrogen) atoms. The summed E-state index contributed by atoms with van der Waals surface area (Å²) in [5.41, 5.74) is 6.48. The highest BCUT2D eigenvalue weighted by atomic mass is 32.2. The molecule has 0 aliphatic heterocycles. The largest absolute Gasteiger partial charge is 0.494 e. The standard InChI is InChI=1S/C17H16N4O2S/c1-23-14-5-3-4-13-15(14)19-10-20-17(13)21-24(2)12-8-6-11(7-9-12)16(18)22/h3-10H,1-2H3,(H2,18,22). The van der Waals surface area contributed by atoms with Gasteiger partial charge in [-0.15, -0.1) is 0 Å². The number of primary amides is 1. The Bertz CT molecular complexity index is 939. The van der Waals surface area contributed by atoms with E-state index >= 15 is 0 Å². The molecule has 1 atom stereocenters. The highest BCUT2D eigenvalue weighted by molar-refractivity contribution is 7.86. The van der Waals surface area contributed by atoms with E-state index in [1.807, 2.05) is 36.6 Å². The smallest absolute Gasteiger partial charge is 0.248 e. The second-order valence-electron chi connectivity index (χ2n) is 5.01. The molecular weight excluding hydrogens is 324 g/mol. The van der Waals surface area contributed by atoms with Crippen LogP contribution in [0.25, 0.3) is 10.9 Å². The van der Waals surface area contributed by atoms with E-state index in [1.54, 1.807) is 19.2 Å². The first kappa shape index (κ1) is 16.1. The predicted molar refractivity (Wildman–Crippen MR) is 94.7 cm³/mol. The summed E-state index contributed by atoms with van der Waals surface area (Å²) in [4.78, 5) is 20.7. The van der Waals surface area contributed by atoms with E-state index in [1.165, 1.54) is 6.33 Å². The zero-order valence-electron chi connectivity index (χ0n) is 13.3. The highest BCUT2D eigenvalue weighted by Crippen LogP contribution is 2.29. The van der Waals surface area contributed by atoms with Crippen LogP contribution in [0, 0.1) is 0 Å². The molecule has 0 saturated carbocycles. The number of hydrogen-bond acceptors (Lipinski definition) is 5. The van der Waals surface area contributed by atoms with Crippen molar-refractivity contribution >= 4 is 33.3 Å². The number of nitrogens with two attached hydrogens (primary N) is 1. The lowest BCUT2D eigenvalue weighted by atomic mass is 10.2. The number of fused-ring (bicyclic) bond motifs is 1. The fraction of sp³-hybridized carbons (Fsp3) is 0.118. The van der Waals surface area contributed by atoms with Gasteiger partial charge in [-0.3, -0.25) is 4.79 Å². The third-order valence-electron chi connectivity index (χ3n) is 3.53. The van der Waals surface area contributed by atoms with Gasteiger partial charge in [0.1, 0.15) is 17.6 Å². The van der Waals surface area contributed by atoms with E-state index in [2.05, 4.69) is 9.97 Å². The first-order valence-corrected chi connectivity index (χ1v) is 8.74. The van der Waals surface area contributed by atoms with Crippen LogP contribution >= 0.6 is 0 Å². The number of nitrogens with zero attached hydrogens (tertiary/aromatic N) is 3. The molecule has 3 rings (SSSR count). The van der Waals surface area contributed by atoms with Gasteiger partial charge in [0.25, 0.3) is 0 Å². The lowest BCUT2D eigenvalue weighted by molar-refractivity contribution is 0.1000. The molecule has 1 heterocycles. The van der Waals surface area contributed by atoms with E-state index < -0.39 is 16.6 Å². The number of hydrogen-bond donors (Lipinski definition) is 1. The van der Waals surface area contributed by atoms with Gasteiger partial charge >= 0.3 is 0 Å². The number of amides is 1. The molecule has 0 saturated heterocycles. The Hall–Kier alpha value is -2.80. The quantitative estimate of drug-likeness (QED) is 0.790. The van der Waals surface area contributed by atoms with Crippen LogP contribution in [0.15, 0.2) is 58.1 Å². The molecule has 0 spiro atoms. The number of rotatable bonds is 4. The van der Waals surface area contributed by atoms with Crippen molar-refractivity contribution in [1.82, 2.24) is 9.97 Å². The van der Waals surface area contributed by atoms with E-state index in [-0.39, 0.29) is 0 Å². The maximum absolute atomic E-state index is 11.2. The maximum Gasteiger partial charge on any atom is 0.248 e. The van der Waals surface area contributed by atoms with Crippen LogP contribution in [-0.4, -0.2) is 29.2 Å². The minimum absolute atomic E-state index is 0.429.